The molecule has 156 valence electrons. The first-order chi connectivity index (χ1) is 14.8. The Labute approximate surface area is 179 Å². The van der Waals surface area contributed by atoms with Crippen molar-refractivity contribution >= 4 is 16.7 Å². The van der Waals surface area contributed by atoms with Crippen molar-refractivity contribution < 1.29 is 0 Å². The molecule has 1 atom stereocenters. The molecule has 2 saturated heterocycles. The normalized spacial score (nSPS) is 20.1. The van der Waals surface area contributed by atoms with Gasteiger partial charge in [-0.15, -0.1) is 0 Å². The van der Waals surface area contributed by atoms with Crippen LogP contribution >= 0.6 is 0 Å². The van der Waals surface area contributed by atoms with Gasteiger partial charge in [-0.1, -0.05) is 48.5 Å². The van der Waals surface area contributed by atoms with Gasteiger partial charge in [-0.05, 0) is 43.4 Å². The Bertz CT molecular complexity index is 965. The lowest BCUT2D eigenvalue weighted by molar-refractivity contribution is 0.320. The quantitative estimate of drug-likeness (QED) is 0.656. The number of hydrogen-bond acceptors (Lipinski definition) is 4. The fourth-order valence-electron chi connectivity index (χ4n) is 4.90. The van der Waals surface area contributed by atoms with Crippen molar-refractivity contribution in [3.05, 3.63) is 71.8 Å². The minimum absolute atomic E-state index is 0.550. The lowest BCUT2D eigenvalue weighted by atomic mass is 10.1. The van der Waals surface area contributed by atoms with Crippen molar-refractivity contribution in [3.8, 4) is 0 Å². The highest BCUT2D eigenvalue weighted by atomic mass is 15.2. The predicted molar refractivity (Wildman–Crippen MR) is 125 cm³/mol. The van der Waals surface area contributed by atoms with Gasteiger partial charge in [-0.25, -0.2) is 4.98 Å². The summed E-state index contributed by atoms with van der Waals surface area (Å²) >= 11 is 0. The van der Waals surface area contributed by atoms with Crippen LogP contribution < -0.4 is 10.2 Å². The van der Waals surface area contributed by atoms with Gasteiger partial charge < -0.3 is 10.2 Å². The molecule has 0 amide bonds. The third kappa shape index (κ3) is 4.50. The Morgan fingerprint density at radius 3 is 2.57 bits per heavy atom. The zero-order chi connectivity index (χ0) is 20.2. The van der Waals surface area contributed by atoms with Gasteiger partial charge in [0.15, 0.2) is 0 Å². The number of piperidine rings is 1. The van der Waals surface area contributed by atoms with Gasteiger partial charge in [0.05, 0.1) is 5.52 Å². The van der Waals surface area contributed by atoms with E-state index in [1.807, 2.05) is 0 Å². The molecule has 2 aromatic carbocycles. The number of nitrogens with zero attached hydrogens (tertiary/aromatic N) is 3. The van der Waals surface area contributed by atoms with E-state index in [1.54, 1.807) is 0 Å². The van der Waals surface area contributed by atoms with Crippen LogP contribution in [0.4, 0.5) is 5.82 Å². The number of hydrogen-bond donors (Lipinski definition) is 1. The number of para-hydroxylation sites is 1. The summed E-state index contributed by atoms with van der Waals surface area (Å²) in [6.07, 6.45) is 5.11. The maximum Gasteiger partial charge on any atom is 0.133 e. The average Bonchev–Trinajstić information content (AvgIpc) is 3.25. The van der Waals surface area contributed by atoms with E-state index in [0.717, 1.165) is 38.2 Å². The molecule has 0 aliphatic carbocycles. The van der Waals surface area contributed by atoms with E-state index in [4.69, 9.17) is 4.98 Å². The van der Waals surface area contributed by atoms with E-state index in [0.29, 0.717) is 6.04 Å². The van der Waals surface area contributed by atoms with E-state index < -0.39 is 0 Å². The molecule has 2 fully saturated rings. The summed E-state index contributed by atoms with van der Waals surface area (Å²) in [6.45, 7) is 6.50. The Kier molecular flexibility index (Phi) is 5.96. The second-order valence-corrected chi connectivity index (χ2v) is 8.80. The van der Waals surface area contributed by atoms with Crippen LogP contribution in [0.5, 0.6) is 0 Å². The van der Waals surface area contributed by atoms with Crippen molar-refractivity contribution in [1.29, 1.82) is 0 Å². The average molecular weight is 401 g/mol. The number of fused-ring (bicyclic) bond motifs is 1. The van der Waals surface area contributed by atoms with Gasteiger partial charge in [0.25, 0.3) is 0 Å². The van der Waals surface area contributed by atoms with E-state index in [1.165, 1.54) is 54.6 Å². The van der Waals surface area contributed by atoms with Gasteiger partial charge in [-0.3, -0.25) is 4.90 Å². The summed E-state index contributed by atoms with van der Waals surface area (Å²) in [7, 11) is 0. The first kappa shape index (κ1) is 19.5. The third-order valence-corrected chi connectivity index (χ3v) is 6.54. The number of anilines is 1. The first-order valence-electron chi connectivity index (χ1n) is 11.5. The van der Waals surface area contributed by atoms with Crippen LogP contribution in [0.2, 0.25) is 0 Å². The number of nitrogens with one attached hydrogen (secondary N) is 1. The monoisotopic (exact) mass is 400 g/mol. The molecule has 0 bridgehead atoms. The minimum Gasteiger partial charge on any atom is -0.356 e. The molecule has 1 N–H and O–H groups in total. The second-order valence-electron chi connectivity index (χ2n) is 8.80. The van der Waals surface area contributed by atoms with Gasteiger partial charge >= 0.3 is 0 Å². The maximum atomic E-state index is 5.09. The van der Waals surface area contributed by atoms with Gasteiger partial charge in [-0.2, -0.15) is 0 Å². The Morgan fingerprint density at radius 2 is 1.70 bits per heavy atom. The number of aromatic nitrogens is 1. The van der Waals surface area contributed by atoms with E-state index in [2.05, 4.69) is 75.8 Å². The first-order valence-corrected chi connectivity index (χ1v) is 11.5. The van der Waals surface area contributed by atoms with Crippen LogP contribution in [0.15, 0.2) is 60.7 Å². The standard InChI is InChI=1S/C26H32N4/c1-3-9-21(10-4-1)19-29-16-13-24(20-29)27-18-23-17-22-11-5-6-12-25(22)28-26(23)30-14-7-2-8-15-30/h1,3-6,9-12,17,24,27H,2,7-8,13-16,18-20H2. The van der Waals surface area contributed by atoms with Gasteiger partial charge in [0, 0.05) is 56.3 Å². The van der Waals surface area contributed by atoms with Crippen LogP contribution in [0.1, 0.15) is 36.8 Å². The molecule has 0 saturated carbocycles. The highest BCUT2D eigenvalue weighted by Gasteiger charge is 2.23. The minimum atomic E-state index is 0.550. The number of pyridine rings is 1. The summed E-state index contributed by atoms with van der Waals surface area (Å²) < 4.78 is 0. The largest absolute Gasteiger partial charge is 0.356 e. The molecular formula is C26H32N4. The third-order valence-electron chi connectivity index (χ3n) is 6.54. The Hall–Kier alpha value is -2.43. The molecule has 5 rings (SSSR count). The van der Waals surface area contributed by atoms with Crippen LogP contribution in [0, 0.1) is 0 Å². The molecule has 1 aromatic heterocycles. The summed E-state index contributed by atoms with van der Waals surface area (Å²) in [4.78, 5) is 10.2. The molecular weight excluding hydrogens is 368 g/mol. The highest BCUT2D eigenvalue weighted by molar-refractivity contribution is 5.81. The topological polar surface area (TPSA) is 31.4 Å². The molecule has 30 heavy (non-hydrogen) atoms. The predicted octanol–water partition coefficient (Wildman–Crippen LogP) is 4.59. The summed E-state index contributed by atoms with van der Waals surface area (Å²) in [5.41, 5.74) is 3.86. The molecule has 0 radical (unpaired) electrons. The van der Waals surface area contributed by atoms with Crippen LogP contribution in [-0.2, 0) is 13.1 Å². The van der Waals surface area contributed by atoms with Crippen molar-refractivity contribution in [2.24, 2.45) is 0 Å². The zero-order valence-electron chi connectivity index (χ0n) is 17.8. The fourth-order valence-corrected chi connectivity index (χ4v) is 4.90. The van der Waals surface area contributed by atoms with Crippen molar-refractivity contribution in [3.63, 3.8) is 0 Å². The molecule has 3 aromatic rings. The van der Waals surface area contributed by atoms with Crippen molar-refractivity contribution in [1.82, 2.24) is 15.2 Å². The SMILES string of the molecule is c1ccc(CN2CCC(NCc3cc4ccccc4nc3N3CCCCC3)C2)cc1. The van der Waals surface area contributed by atoms with E-state index in [9.17, 15) is 0 Å². The molecule has 4 nitrogen and oxygen atoms in total. The molecule has 3 heterocycles. The Balaban J connectivity index is 1.27. The van der Waals surface area contributed by atoms with Crippen molar-refractivity contribution in [2.75, 3.05) is 31.1 Å². The molecule has 4 heteroatoms. The maximum absolute atomic E-state index is 5.09. The van der Waals surface area contributed by atoms with E-state index >= 15 is 0 Å². The Morgan fingerprint density at radius 1 is 0.900 bits per heavy atom. The van der Waals surface area contributed by atoms with Crippen LogP contribution in [0.3, 0.4) is 0 Å². The zero-order valence-corrected chi connectivity index (χ0v) is 17.8. The molecule has 1 unspecified atom stereocenters. The highest BCUT2D eigenvalue weighted by Crippen LogP contribution is 2.26. The van der Waals surface area contributed by atoms with Crippen molar-refractivity contribution in [2.45, 2.75) is 44.8 Å². The van der Waals surface area contributed by atoms with E-state index in [-0.39, 0.29) is 0 Å². The van der Waals surface area contributed by atoms with Crippen LogP contribution in [-0.4, -0.2) is 42.1 Å². The lowest BCUT2D eigenvalue weighted by Gasteiger charge is -2.30. The van der Waals surface area contributed by atoms with Gasteiger partial charge in [0.1, 0.15) is 5.82 Å². The molecule has 2 aliphatic rings. The van der Waals surface area contributed by atoms with Crippen LogP contribution in [0.25, 0.3) is 10.9 Å². The lowest BCUT2D eigenvalue weighted by Crippen LogP contribution is -2.34. The smallest absolute Gasteiger partial charge is 0.133 e. The summed E-state index contributed by atoms with van der Waals surface area (Å²) in [5.74, 6) is 1.19. The summed E-state index contributed by atoms with van der Waals surface area (Å²) in [5, 5.41) is 5.09. The summed E-state index contributed by atoms with van der Waals surface area (Å²) in [6, 6.07) is 22.2. The second kappa shape index (κ2) is 9.15. The number of rotatable bonds is 6. The fraction of sp³-hybridized carbons (Fsp3) is 0.423. The molecule has 2 aliphatic heterocycles. The number of likely N-dealkylation sites (tertiary alicyclic amines) is 1. The molecule has 0 spiro atoms. The number of benzene rings is 2. The van der Waals surface area contributed by atoms with Gasteiger partial charge in [0.2, 0.25) is 0 Å².